The van der Waals surface area contributed by atoms with Gasteiger partial charge in [0.25, 0.3) is 0 Å². The second kappa shape index (κ2) is 10.4. The molecule has 2 aliphatic heterocycles. The third kappa shape index (κ3) is 5.02. The van der Waals surface area contributed by atoms with Gasteiger partial charge in [0.2, 0.25) is 0 Å². The first-order valence-corrected chi connectivity index (χ1v) is 16.3. The molecule has 0 saturated carbocycles. The van der Waals surface area contributed by atoms with E-state index in [1.807, 2.05) is 0 Å². The first-order chi connectivity index (χ1) is 21.2. The summed E-state index contributed by atoms with van der Waals surface area (Å²) in [5.74, 6) is 0. The molecular weight excluding hydrogens is 554 g/mol. The van der Waals surface area contributed by atoms with Crippen LogP contribution in [-0.4, -0.2) is 36.6 Å². The summed E-state index contributed by atoms with van der Waals surface area (Å²) in [6.07, 6.45) is 1.69. The fraction of sp³-hybridized carbons (Fsp3) is 0.385. The fourth-order valence-electron chi connectivity index (χ4n) is 7.09. The van der Waals surface area contributed by atoms with E-state index in [-0.39, 0.29) is 5.41 Å². The molecule has 4 aromatic rings. The summed E-state index contributed by atoms with van der Waals surface area (Å²) >= 11 is 0. The molecule has 6 heteroatoms. The van der Waals surface area contributed by atoms with E-state index in [1.54, 1.807) is 0 Å². The van der Waals surface area contributed by atoms with Crippen molar-refractivity contribution in [2.24, 2.45) is 0 Å². The molecule has 0 unspecified atom stereocenters. The number of hydrogen-bond donors (Lipinski definition) is 0. The average Bonchev–Trinajstić information content (AvgIpc) is 3.28. The van der Waals surface area contributed by atoms with Gasteiger partial charge in [-0.1, -0.05) is 97.1 Å². The standard InChI is InChI=1S/C39H44B2O4/c1-35(2)36(3,4)43-40(42-35)31-19-13-17-29(23-31)39(25-27-15-9-11-21-33(27)34-22-12-10-16-28(34)26-39)30-18-14-20-32(24-30)41-44-37(5,6)38(7,8)45-41/h9-24H,25-26H2,1-8H3. The van der Waals surface area contributed by atoms with Crippen LogP contribution in [0.15, 0.2) is 97.1 Å². The Morgan fingerprint density at radius 3 is 1.18 bits per heavy atom. The van der Waals surface area contributed by atoms with Gasteiger partial charge in [-0.25, -0.2) is 0 Å². The summed E-state index contributed by atoms with van der Waals surface area (Å²) < 4.78 is 26.2. The lowest BCUT2D eigenvalue weighted by Crippen LogP contribution is -2.41. The minimum atomic E-state index is -0.437. The van der Waals surface area contributed by atoms with Crippen LogP contribution >= 0.6 is 0 Å². The first kappa shape index (κ1) is 30.5. The van der Waals surface area contributed by atoms with Gasteiger partial charge in [-0.3, -0.25) is 0 Å². The molecule has 1 aliphatic carbocycles. The monoisotopic (exact) mass is 598 g/mol. The Bertz CT molecular complexity index is 1600. The van der Waals surface area contributed by atoms with Crippen LogP contribution in [0.25, 0.3) is 11.1 Å². The van der Waals surface area contributed by atoms with Gasteiger partial charge < -0.3 is 18.6 Å². The van der Waals surface area contributed by atoms with Crippen molar-refractivity contribution in [1.82, 2.24) is 0 Å². The molecule has 45 heavy (non-hydrogen) atoms. The summed E-state index contributed by atoms with van der Waals surface area (Å²) in [5.41, 5.74) is 7.82. The maximum atomic E-state index is 6.54. The van der Waals surface area contributed by atoms with Gasteiger partial charge in [-0.2, -0.15) is 0 Å². The lowest BCUT2D eigenvalue weighted by Gasteiger charge is -2.36. The minimum Gasteiger partial charge on any atom is -0.399 e. The van der Waals surface area contributed by atoms with E-state index < -0.39 is 36.6 Å². The molecule has 2 heterocycles. The molecule has 7 rings (SSSR count). The Morgan fingerprint density at radius 2 is 0.800 bits per heavy atom. The number of benzene rings is 4. The van der Waals surface area contributed by atoms with Gasteiger partial charge in [0, 0.05) is 5.41 Å². The van der Waals surface area contributed by atoms with Gasteiger partial charge >= 0.3 is 14.2 Å². The highest BCUT2D eigenvalue weighted by Gasteiger charge is 2.53. The van der Waals surface area contributed by atoms with E-state index in [9.17, 15) is 0 Å². The summed E-state index contributed by atoms with van der Waals surface area (Å²) in [5, 5.41) is 0. The molecule has 0 aromatic heterocycles. The Balaban J connectivity index is 1.41. The molecule has 2 fully saturated rings. The van der Waals surface area contributed by atoms with Crippen molar-refractivity contribution in [3.05, 3.63) is 119 Å². The molecule has 0 spiro atoms. The van der Waals surface area contributed by atoms with E-state index in [1.165, 1.54) is 33.4 Å². The molecule has 0 amide bonds. The SMILES string of the molecule is CC1(C)OB(c2cccc(C3(c4cccc(B5OC(C)(C)C(C)(C)O5)c4)Cc4ccccc4-c4ccccc4C3)c2)OC1(C)C. The highest BCUT2D eigenvalue weighted by atomic mass is 16.7. The normalized spacial score (nSPS) is 22.0. The van der Waals surface area contributed by atoms with Crippen LogP contribution in [0.4, 0.5) is 0 Å². The third-order valence-electron chi connectivity index (χ3n) is 11.2. The van der Waals surface area contributed by atoms with E-state index in [4.69, 9.17) is 18.6 Å². The molecule has 0 N–H and O–H groups in total. The number of fused-ring (bicyclic) bond motifs is 3. The number of rotatable bonds is 4. The van der Waals surface area contributed by atoms with Gasteiger partial charge in [-0.05, 0) is 113 Å². The van der Waals surface area contributed by atoms with Gasteiger partial charge in [-0.15, -0.1) is 0 Å². The molecule has 230 valence electrons. The first-order valence-electron chi connectivity index (χ1n) is 16.3. The molecule has 0 bridgehead atoms. The second-order valence-electron chi connectivity index (χ2n) is 15.2. The van der Waals surface area contributed by atoms with Crippen LogP contribution in [0.3, 0.4) is 0 Å². The number of hydrogen-bond acceptors (Lipinski definition) is 4. The third-order valence-corrected chi connectivity index (χ3v) is 11.2. The zero-order valence-electron chi connectivity index (χ0n) is 27.9. The van der Waals surface area contributed by atoms with Crippen LogP contribution in [-0.2, 0) is 36.9 Å². The quantitative estimate of drug-likeness (QED) is 0.237. The molecule has 0 atom stereocenters. The lowest BCUT2D eigenvalue weighted by molar-refractivity contribution is 0.00578. The van der Waals surface area contributed by atoms with Crippen molar-refractivity contribution < 1.29 is 18.6 Å². The summed E-state index contributed by atoms with van der Waals surface area (Å²) in [6.45, 7) is 16.9. The summed E-state index contributed by atoms with van der Waals surface area (Å²) in [6, 6.07) is 35.6. The highest BCUT2D eigenvalue weighted by Crippen LogP contribution is 2.46. The smallest absolute Gasteiger partial charge is 0.399 e. The Labute approximate surface area is 269 Å². The van der Waals surface area contributed by atoms with Crippen molar-refractivity contribution >= 4 is 25.2 Å². The van der Waals surface area contributed by atoms with Crippen LogP contribution in [0.2, 0.25) is 0 Å². The summed E-state index contributed by atoms with van der Waals surface area (Å²) in [7, 11) is -0.873. The largest absolute Gasteiger partial charge is 0.494 e. The van der Waals surface area contributed by atoms with E-state index in [0.29, 0.717) is 0 Å². The Hall–Kier alpha value is -3.15. The predicted molar refractivity (Wildman–Crippen MR) is 184 cm³/mol. The fourth-order valence-corrected chi connectivity index (χ4v) is 7.09. The zero-order valence-corrected chi connectivity index (χ0v) is 27.9. The second-order valence-corrected chi connectivity index (χ2v) is 15.2. The lowest BCUT2D eigenvalue weighted by atomic mass is 9.64. The van der Waals surface area contributed by atoms with E-state index in [2.05, 4.69) is 152 Å². The Morgan fingerprint density at radius 1 is 0.444 bits per heavy atom. The molecule has 4 aromatic carbocycles. The van der Waals surface area contributed by atoms with Crippen molar-refractivity contribution in [3.63, 3.8) is 0 Å². The van der Waals surface area contributed by atoms with E-state index >= 15 is 0 Å². The van der Waals surface area contributed by atoms with Crippen molar-refractivity contribution in [2.45, 2.75) is 96.1 Å². The van der Waals surface area contributed by atoms with Gasteiger partial charge in [0.15, 0.2) is 0 Å². The Kier molecular flexibility index (Phi) is 7.07. The van der Waals surface area contributed by atoms with Crippen LogP contribution in [0, 0.1) is 0 Å². The van der Waals surface area contributed by atoms with Crippen molar-refractivity contribution in [1.29, 1.82) is 0 Å². The minimum absolute atomic E-state index is 0.373. The molecule has 2 saturated heterocycles. The van der Waals surface area contributed by atoms with E-state index in [0.717, 1.165) is 23.8 Å². The molecular formula is C39H44B2O4. The topological polar surface area (TPSA) is 36.9 Å². The molecule has 4 nitrogen and oxygen atoms in total. The van der Waals surface area contributed by atoms with Crippen LogP contribution in [0.1, 0.15) is 77.6 Å². The van der Waals surface area contributed by atoms with Gasteiger partial charge in [0.1, 0.15) is 0 Å². The van der Waals surface area contributed by atoms with Crippen molar-refractivity contribution in [3.8, 4) is 11.1 Å². The zero-order chi connectivity index (χ0) is 31.8. The molecule has 0 radical (unpaired) electrons. The average molecular weight is 598 g/mol. The van der Waals surface area contributed by atoms with Crippen molar-refractivity contribution in [2.75, 3.05) is 0 Å². The highest BCUT2D eigenvalue weighted by molar-refractivity contribution is 6.62. The predicted octanol–water partition coefficient (Wildman–Crippen LogP) is 7.04. The van der Waals surface area contributed by atoms with Gasteiger partial charge in [0.05, 0.1) is 22.4 Å². The maximum absolute atomic E-state index is 6.54. The molecule has 3 aliphatic rings. The van der Waals surface area contributed by atoms with Crippen LogP contribution < -0.4 is 10.9 Å². The maximum Gasteiger partial charge on any atom is 0.494 e. The summed E-state index contributed by atoms with van der Waals surface area (Å²) in [4.78, 5) is 0. The van der Waals surface area contributed by atoms with Crippen LogP contribution in [0.5, 0.6) is 0 Å².